The van der Waals surface area contributed by atoms with E-state index in [0.29, 0.717) is 24.4 Å². The lowest BCUT2D eigenvalue weighted by atomic mass is 9.77. The number of aromatic hydroxyl groups is 1. The first-order chi connectivity index (χ1) is 10.9. The molecule has 1 N–H and O–H groups in total. The Bertz CT molecular complexity index is 531. The predicted octanol–water partition coefficient (Wildman–Crippen LogP) is 5.87. The fourth-order valence-corrected chi connectivity index (χ4v) is 3.74. The number of benzene rings is 1. The standard InChI is InChI=1S/C21H32O2/c1-4-5-6-7-13-21(2,3)17-11-12-19(20(23)15-17)16-9-8-10-18(22)14-16/h11-12,15-16,23H,4-10,13-14H2,1-3H3/t16-/m0/s1. The monoisotopic (exact) mass is 316 g/mol. The summed E-state index contributed by atoms with van der Waals surface area (Å²) in [6, 6.07) is 6.16. The van der Waals surface area contributed by atoms with Crippen LogP contribution in [0.2, 0.25) is 0 Å². The normalized spacial score (nSPS) is 19.1. The van der Waals surface area contributed by atoms with Gasteiger partial charge in [0.05, 0.1) is 0 Å². The SMILES string of the molecule is CCCCCCC(C)(C)c1ccc([C@H]2CCCC(=O)C2)c(O)c1. The molecule has 2 heteroatoms. The Kier molecular flexibility index (Phi) is 6.26. The summed E-state index contributed by atoms with van der Waals surface area (Å²) in [6.07, 6.45) is 9.49. The van der Waals surface area contributed by atoms with Gasteiger partial charge in [0.1, 0.15) is 11.5 Å². The summed E-state index contributed by atoms with van der Waals surface area (Å²) in [5.41, 5.74) is 2.26. The average molecular weight is 316 g/mol. The number of carbonyl (C=O) groups is 1. The van der Waals surface area contributed by atoms with E-state index in [9.17, 15) is 9.90 Å². The topological polar surface area (TPSA) is 37.3 Å². The molecule has 23 heavy (non-hydrogen) atoms. The van der Waals surface area contributed by atoms with E-state index in [1.54, 1.807) is 0 Å². The maximum Gasteiger partial charge on any atom is 0.133 e. The summed E-state index contributed by atoms with van der Waals surface area (Å²) in [5, 5.41) is 10.5. The maximum atomic E-state index is 11.7. The highest BCUT2D eigenvalue weighted by Crippen LogP contribution is 2.39. The lowest BCUT2D eigenvalue weighted by Gasteiger charge is -2.27. The zero-order chi connectivity index (χ0) is 16.9. The lowest BCUT2D eigenvalue weighted by molar-refractivity contribution is -0.120. The van der Waals surface area contributed by atoms with Gasteiger partial charge < -0.3 is 5.11 Å². The van der Waals surface area contributed by atoms with Gasteiger partial charge in [0.15, 0.2) is 0 Å². The first-order valence-electron chi connectivity index (χ1n) is 9.29. The van der Waals surface area contributed by atoms with Crippen LogP contribution < -0.4 is 0 Å². The molecule has 2 nitrogen and oxygen atoms in total. The third-order valence-electron chi connectivity index (χ3n) is 5.39. The van der Waals surface area contributed by atoms with Crippen molar-refractivity contribution in [3.8, 4) is 5.75 Å². The van der Waals surface area contributed by atoms with Gasteiger partial charge in [0.25, 0.3) is 0 Å². The van der Waals surface area contributed by atoms with Gasteiger partial charge in [-0.2, -0.15) is 0 Å². The molecule has 1 aromatic rings. The van der Waals surface area contributed by atoms with Gasteiger partial charge >= 0.3 is 0 Å². The Balaban J connectivity index is 2.07. The molecule has 0 heterocycles. The molecular formula is C21H32O2. The van der Waals surface area contributed by atoms with E-state index in [4.69, 9.17) is 0 Å². The second-order valence-corrected chi connectivity index (χ2v) is 7.80. The second-order valence-electron chi connectivity index (χ2n) is 7.80. The molecule has 1 aromatic carbocycles. The maximum absolute atomic E-state index is 11.7. The Morgan fingerprint density at radius 3 is 2.65 bits per heavy atom. The van der Waals surface area contributed by atoms with Crippen LogP contribution in [-0.4, -0.2) is 10.9 Å². The third kappa shape index (κ3) is 4.83. The van der Waals surface area contributed by atoms with Crippen molar-refractivity contribution >= 4 is 5.78 Å². The number of unbranched alkanes of at least 4 members (excludes halogenated alkanes) is 3. The molecule has 0 aliphatic heterocycles. The first kappa shape index (κ1) is 18.0. The largest absolute Gasteiger partial charge is 0.508 e. The van der Waals surface area contributed by atoms with Crippen molar-refractivity contribution in [2.45, 2.75) is 89.9 Å². The molecule has 0 bridgehead atoms. The average Bonchev–Trinajstić information content (AvgIpc) is 2.51. The van der Waals surface area contributed by atoms with Crippen LogP contribution in [0.25, 0.3) is 0 Å². The van der Waals surface area contributed by atoms with E-state index < -0.39 is 0 Å². The highest BCUT2D eigenvalue weighted by molar-refractivity contribution is 5.80. The lowest BCUT2D eigenvalue weighted by Crippen LogP contribution is -2.18. The van der Waals surface area contributed by atoms with E-state index in [1.807, 2.05) is 6.07 Å². The van der Waals surface area contributed by atoms with Gasteiger partial charge in [-0.1, -0.05) is 58.6 Å². The van der Waals surface area contributed by atoms with Gasteiger partial charge in [0.2, 0.25) is 0 Å². The fourth-order valence-electron chi connectivity index (χ4n) is 3.74. The summed E-state index contributed by atoms with van der Waals surface area (Å²) < 4.78 is 0. The summed E-state index contributed by atoms with van der Waals surface area (Å²) in [7, 11) is 0. The number of phenols is 1. The van der Waals surface area contributed by atoms with E-state index in [-0.39, 0.29) is 11.3 Å². The van der Waals surface area contributed by atoms with Crippen LogP contribution in [0.5, 0.6) is 5.75 Å². The minimum atomic E-state index is 0.0894. The highest BCUT2D eigenvalue weighted by atomic mass is 16.3. The van der Waals surface area contributed by atoms with Gasteiger partial charge in [-0.05, 0) is 47.8 Å². The van der Waals surface area contributed by atoms with Gasteiger partial charge in [0, 0.05) is 12.8 Å². The smallest absolute Gasteiger partial charge is 0.133 e. The number of ketones is 1. The number of Topliss-reactive ketones (excluding diaryl/α,β-unsaturated/α-hetero) is 1. The van der Waals surface area contributed by atoms with Crippen molar-refractivity contribution in [1.29, 1.82) is 0 Å². The molecule has 0 aromatic heterocycles. The van der Waals surface area contributed by atoms with Gasteiger partial charge in [-0.3, -0.25) is 4.79 Å². The molecule has 1 fully saturated rings. The molecular weight excluding hydrogens is 284 g/mol. The van der Waals surface area contributed by atoms with Crippen molar-refractivity contribution in [2.75, 3.05) is 0 Å². The Hall–Kier alpha value is -1.31. The van der Waals surface area contributed by atoms with Crippen LogP contribution in [0.3, 0.4) is 0 Å². The molecule has 0 saturated heterocycles. The summed E-state index contributed by atoms with van der Waals surface area (Å²) in [4.78, 5) is 11.7. The quantitative estimate of drug-likeness (QED) is 0.639. The number of hydrogen-bond acceptors (Lipinski definition) is 2. The predicted molar refractivity (Wildman–Crippen MR) is 96.1 cm³/mol. The number of hydrogen-bond donors (Lipinski definition) is 1. The van der Waals surface area contributed by atoms with Crippen LogP contribution in [0.15, 0.2) is 18.2 Å². The molecule has 1 atom stereocenters. The van der Waals surface area contributed by atoms with E-state index >= 15 is 0 Å². The molecule has 1 saturated carbocycles. The summed E-state index contributed by atoms with van der Waals surface area (Å²) in [6.45, 7) is 6.76. The van der Waals surface area contributed by atoms with Gasteiger partial charge in [-0.25, -0.2) is 0 Å². The summed E-state index contributed by atoms with van der Waals surface area (Å²) in [5.74, 6) is 0.919. The minimum absolute atomic E-state index is 0.0894. The minimum Gasteiger partial charge on any atom is -0.508 e. The third-order valence-corrected chi connectivity index (χ3v) is 5.39. The summed E-state index contributed by atoms with van der Waals surface area (Å²) >= 11 is 0. The molecule has 0 amide bonds. The molecule has 0 radical (unpaired) electrons. The zero-order valence-electron chi connectivity index (χ0n) is 15.0. The van der Waals surface area contributed by atoms with Crippen LogP contribution in [0, 0.1) is 0 Å². The van der Waals surface area contributed by atoms with Gasteiger partial charge in [-0.15, -0.1) is 0 Å². The van der Waals surface area contributed by atoms with Crippen LogP contribution in [0.4, 0.5) is 0 Å². The fraction of sp³-hybridized carbons (Fsp3) is 0.667. The zero-order valence-corrected chi connectivity index (χ0v) is 15.0. The van der Waals surface area contributed by atoms with Crippen LogP contribution >= 0.6 is 0 Å². The molecule has 1 aliphatic rings. The van der Waals surface area contributed by atoms with E-state index in [0.717, 1.165) is 24.8 Å². The Morgan fingerprint density at radius 2 is 2.00 bits per heavy atom. The van der Waals surface area contributed by atoms with E-state index in [2.05, 4.69) is 32.9 Å². The first-order valence-corrected chi connectivity index (χ1v) is 9.29. The number of phenolic OH excluding ortho intramolecular Hbond substituents is 1. The van der Waals surface area contributed by atoms with Crippen molar-refractivity contribution in [2.24, 2.45) is 0 Å². The Labute approximate surface area is 141 Å². The van der Waals surface area contributed by atoms with Crippen molar-refractivity contribution in [1.82, 2.24) is 0 Å². The molecule has 1 aliphatic carbocycles. The number of carbonyl (C=O) groups excluding carboxylic acids is 1. The van der Waals surface area contributed by atoms with E-state index in [1.165, 1.54) is 31.2 Å². The van der Waals surface area contributed by atoms with Crippen LogP contribution in [0.1, 0.15) is 95.6 Å². The molecule has 2 rings (SSSR count). The molecule has 128 valence electrons. The Morgan fingerprint density at radius 1 is 1.22 bits per heavy atom. The van der Waals surface area contributed by atoms with Crippen molar-refractivity contribution in [3.63, 3.8) is 0 Å². The second kappa shape index (κ2) is 7.99. The van der Waals surface area contributed by atoms with Crippen molar-refractivity contribution in [3.05, 3.63) is 29.3 Å². The highest BCUT2D eigenvalue weighted by Gasteiger charge is 2.25. The molecule has 0 unspecified atom stereocenters. The molecule has 0 spiro atoms. The van der Waals surface area contributed by atoms with Crippen LogP contribution in [-0.2, 0) is 10.2 Å². The number of rotatable bonds is 7. The van der Waals surface area contributed by atoms with Crippen molar-refractivity contribution < 1.29 is 9.90 Å².